The Balaban J connectivity index is 1.85. The Morgan fingerprint density at radius 3 is 2.90 bits per heavy atom. The third-order valence-electron chi connectivity index (χ3n) is 4.49. The Morgan fingerprint density at radius 2 is 2.25 bits per heavy atom. The molecule has 3 atom stereocenters. The van der Waals surface area contributed by atoms with E-state index in [9.17, 15) is 0 Å². The molecule has 0 bridgehead atoms. The summed E-state index contributed by atoms with van der Waals surface area (Å²) in [5.41, 5.74) is 2.26. The Bertz CT molecular complexity index is 592. The lowest BCUT2D eigenvalue weighted by Crippen LogP contribution is -2.42. The maximum absolute atomic E-state index is 5.90. The molecule has 3 rings (SSSR count). The number of ether oxygens (including phenoxy) is 1. The number of hydrogen-bond acceptors (Lipinski definition) is 3. The summed E-state index contributed by atoms with van der Waals surface area (Å²) >= 11 is 0. The number of benzene rings is 1. The molecule has 2 aromatic rings. The lowest BCUT2D eigenvalue weighted by Gasteiger charge is -2.25. The molecule has 1 aromatic heterocycles. The monoisotopic (exact) mass is 273 g/mol. The second-order valence-electron chi connectivity index (χ2n) is 5.78. The van der Waals surface area contributed by atoms with Gasteiger partial charge in [0.15, 0.2) is 0 Å². The molecule has 0 aliphatic carbocycles. The molecule has 4 heteroatoms. The van der Waals surface area contributed by atoms with Crippen LogP contribution in [0.2, 0.25) is 0 Å². The lowest BCUT2D eigenvalue weighted by molar-refractivity contribution is 0.0626. The van der Waals surface area contributed by atoms with Crippen molar-refractivity contribution in [2.75, 3.05) is 13.7 Å². The zero-order chi connectivity index (χ0) is 14.1. The van der Waals surface area contributed by atoms with E-state index in [1.165, 1.54) is 5.52 Å². The minimum absolute atomic E-state index is 0.291. The van der Waals surface area contributed by atoms with Crippen LogP contribution < -0.4 is 5.32 Å². The molecule has 2 heterocycles. The highest BCUT2D eigenvalue weighted by Crippen LogP contribution is 2.25. The molecule has 0 amide bonds. The average molecular weight is 273 g/mol. The van der Waals surface area contributed by atoms with Crippen molar-refractivity contribution in [2.24, 2.45) is 13.0 Å². The van der Waals surface area contributed by atoms with Crippen LogP contribution in [0.5, 0.6) is 0 Å². The van der Waals surface area contributed by atoms with Gasteiger partial charge in [-0.1, -0.05) is 19.1 Å². The highest BCUT2D eigenvalue weighted by molar-refractivity contribution is 5.75. The number of aryl methyl sites for hydroxylation is 1. The summed E-state index contributed by atoms with van der Waals surface area (Å²) < 4.78 is 8.10. The van der Waals surface area contributed by atoms with E-state index in [4.69, 9.17) is 9.72 Å². The molecule has 1 saturated heterocycles. The summed E-state index contributed by atoms with van der Waals surface area (Å²) in [6, 6.07) is 8.61. The molecule has 1 aliphatic rings. The number of hydrogen-bond donors (Lipinski definition) is 1. The number of fused-ring (bicyclic) bond motifs is 1. The van der Waals surface area contributed by atoms with Crippen molar-refractivity contribution >= 4 is 11.0 Å². The molecule has 0 radical (unpaired) electrons. The Labute approximate surface area is 120 Å². The minimum atomic E-state index is 0.291. The Hall–Kier alpha value is -1.39. The maximum atomic E-state index is 5.90. The largest absolute Gasteiger partial charge is 0.376 e. The van der Waals surface area contributed by atoms with E-state index in [0.29, 0.717) is 18.1 Å². The van der Waals surface area contributed by atoms with Crippen molar-refractivity contribution in [3.63, 3.8) is 0 Å². The predicted molar refractivity (Wildman–Crippen MR) is 80.8 cm³/mol. The molecule has 108 valence electrons. The van der Waals surface area contributed by atoms with Gasteiger partial charge in [0.2, 0.25) is 0 Å². The average Bonchev–Trinajstić information content (AvgIpc) is 3.01. The van der Waals surface area contributed by atoms with E-state index < -0.39 is 0 Å². The van der Waals surface area contributed by atoms with Crippen LogP contribution in [0.1, 0.15) is 19.2 Å². The van der Waals surface area contributed by atoms with Crippen molar-refractivity contribution < 1.29 is 4.74 Å². The minimum Gasteiger partial charge on any atom is -0.376 e. The quantitative estimate of drug-likeness (QED) is 0.927. The van der Waals surface area contributed by atoms with E-state index in [-0.39, 0.29) is 0 Å². The number of rotatable bonds is 4. The van der Waals surface area contributed by atoms with E-state index in [1.54, 1.807) is 0 Å². The zero-order valence-electron chi connectivity index (χ0n) is 12.5. The molecular weight excluding hydrogens is 250 g/mol. The molecule has 1 aromatic carbocycles. The summed E-state index contributed by atoms with van der Waals surface area (Å²) in [5, 5.41) is 3.42. The smallest absolute Gasteiger partial charge is 0.111 e. The Kier molecular flexibility index (Phi) is 3.76. The summed E-state index contributed by atoms with van der Waals surface area (Å²) in [4.78, 5) is 4.76. The second kappa shape index (κ2) is 5.54. The van der Waals surface area contributed by atoms with Crippen molar-refractivity contribution in [3.05, 3.63) is 30.1 Å². The maximum Gasteiger partial charge on any atom is 0.111 e. The van der Waals surface area contributed by atoms with Gasteiger partial charge in [0.1, 0.15) is 5.82 Å². The predicted octanol–water partition coefficient (Wildman–Crippen LogP) is 2.13. The van der Waals surface area contributed by atoms with Gasteiger partial charge in [-0.25, -0.2) is 4.98 Å². The number of nitrogens with zero attached hydrogens (tertiary/aromatic N) is 2. The van der Waals surface area contributed by atoms with Crippen LogP contribution in [0.25, 0.3) is 11.0 Å². The summed E-state index contributed by atoms with van der Waals surface area (Å²) in [6.45, 7) is 3.16. The first-order chi connectivity index (χ1) is 9.70. The fraction of sp³-hybridized carbons (Fsp3) is 0.562. The highest BCUT2D eigenvalue weighted by Gasteiger charge is 2.32. The number of nitrogens with one attached hydrogen (secondary N) is 1. The van der Waals surface area contributed by atoms with Gasteiger partial charge in [-0.3, -0.25) is 0 Å². The van der Waals surface area contributed by atoms with Crippen LogP contribution in [0.15, 0.2) is 24.3 Å². The van der Waals surface area contributed by atoms with Crippen molar-refractivity contribution in [1.82, 2.24) is 14.9 Å². The fourth-order valence-corrected chi connectivity index (χ4v) is 3.19. The molecule has 0 saturated carbocycles. The van der Waals surface area contributed by atoms with Crippen LogP contribution in [-0.4, -0.2) is 35.4 Å². The van der Waals surface area contributed by atoms with Crippen LogP contribution in [-0.2, 0) is 18.2 Å². The van der Waals surface area contributed by atoms with Crippen LogP contribution in [0.4, 0.5) is 0 Å². The summed E-state index contributed by atoms with van der Waals surface area (Å²) in [5.74, 6) is 1.73. The van der Waals surface area contributed by atoms with Crippen LogP contribution in [0, 0.1) is 5.92 Å². The second-order valence-corrected chi connectivity index (χ2v) is 5.78. The third-order valence-corrected chi connectivity index (χ3v) is 4.49. The van der Waals surface area contributed by atoms with Gasteiger partial charge in [0.05, 0.1) is 17.1 Å². The van der Waals surface area contributed by atoms with Gasteiger partial charge in [-0.05, 0) is 31.5 Å². The molecular formula is C16H23N3O. The van der Waals surface area contributed by atoms with Crippen molar-refractivity contribution in [2.45, 2.75) is 31.9 Å². The topological polar surface area (TPSA) is 39.1 Å². The standard InChI is InChI=1S/C16H23N3O/c1-11-8-9-20-16(11)13(17-2)10-15-18-12-6-4-5-7-14(12)19(15)3/h4-7,11,13,16-17H,8-10H2,1-3H3. The Morgan fingerprint density at radius 1 is 1.45 bits per heavy atom. The number of aromatic nitrogens is 2. The van der Waals surface area contributed by atoms with Gasteiger partial charge in [0, 0.05) is 26.1 Å². The molecule has 1 aliphatic heterocycles. The normalized spacial score (nSPS) is 24.4. The number of para-hydroxylation sites is 2. The zero-order valence-corrected chi connectivity index (χ0v) is 12.5. The highest BCUT2D eigenvalue weighted by atomic mass is 16.5. The van der Waals surface area contributed by atoms with Gasteiger partial charge in [0.25, 0.3) is 0 Å². The van der Waals surface area contributed by atoms with Crippen LogP contribution >= 0.6 is 0 Å². The van der Waals surface area contributed by atoms with Gasteiger partial charge in [-0.2, -0.15) is 0 Å². The molecule has 0 spiro atoms. The molecule has 1 N–H and O–H groups in total. The van der Waals surface area contributed by atoms with E-state index >= 15 is 0 Å². The van der Waals surface area contributed by atoms with Crippen molar-refractivity contribution in [1.29, 1.82) is 0 Å². The number of likely N-dealkylation sites (N-methyl/N-ethyl adjacent to an activating group) is 1. The van der Waals surface area contributed by atoms with Crippen molar-refractivity contribution in [3.8, 4) is 0 Å². The molecule has 1 fully saturated rings. The van der Waals surface area contributed by atoms with E-state index in [0.717, 1.165) is 30.8 Å². The van der Waals surface area contributed by atoms with Gasteiger partial charge < -0.3 is 14.6 Å². The SMILES string of the molecule is CNC(Cc1nc2ccccc2n1C)C1OCCC1C. The van der Waals surface area contributed by atoms with Gasteiger partial charge in [-0.15, -0.1) is 0 Å². The van der Waals surface area contributed by atoms with Gasteiger partial charge >= 0.3 is 0 Å². The fourth-order valence-electron chi connectivity index (χ4n) is 3.19. The van der Waals surface area contributed by atoms with E-state index in [2.05, 4.69) is 42.1 Å². The molecule has 20 heavy (non-hydrogen) atoms. The summed E-state index contributed by atoms with van der Waals surface area (Å²) in [6.07, 6.45) is 2.35. The lowest BCUT2D eigenvalue weighted by atomic mass is 9.95. The van der Waals surface area contributed by atoms with E-state index in [1.807, 2.05) is 13.1 Å². The molecule has 3 unspecified atom stereocenters. The summed E-state index contributed by atoms with van der Waals surface area (Å²) in [7, 11) is 4.11. The molecule has 4 nitrogen and oxygen atoms in total. The first-order valence-corrected chi connectivity index (χ1v) is 7.40. The first kappa shape index (κ1) is 13.6. The number of imidazole rings is 1. The first-order valence-electron chi connectivity index (χ1n) is 7.40. The third kappa shape index (κ3) is 2.34. The van der Waals surface area contributed by atoms with Crippen LogP contribution in [0.3, 0.4) is 0 Å².